The molecule has 1 atom stereocenters. The number of nitrogens with one attached hydrogen (secondary N) is 1. The second kappa shape index (κ2) is 9.96. The van der Waals surface area contributed by atoms with E-state index in [4.69, 9.17) is 14.5 Å². The number of urea groups is 1. The molecule has 1 fully saturated rings. The Balaban J connectivity index is 2.05. The summed E-state index contributed by atoms with van der Waals surface area (Å²) in [5.41, 5.74) is 3.03. The number of nitriles is 1. The number of nitrogens with zero attached hydrogens (tertiary/aromatic N) is 4. The van der Waals surface area contributed by atoms with E-state index in [1.807, 2.05) is 25.7 Å². The molecule has 0 aliphatic carbocycles. The van der Waals surface area contributed by atoms with Crippen molar-refractivity contribution in [1.82, 2.24) is 15.2 Å². The van der Waals surface area contributed by atoms with E-state index in [0.29, 0.717) is 44.0 Å². The summed E-state index contributed by atoms with van der Waals surface area (Å²) in [6, 6.07) is 1.30. The van der Waals surface area contributed by atoms with Crippen molar-refractivity contribution in [1.29, 1.82) is 5.26 Å². The topological polar surface area (TPSA) is 108 Å². The Morgan fingerprint density at radius 1 is 1.30 bits per heavy atom. The first-order chi connectivity index (χ1) is 15.6. The van der Waals surface area contributed by atoms with Crippen molar-refractivity contribution in [2.75, 3.05) is 37.7 Å². The molecule has 3 heterocycles. The van der Waals surface area contributed by atoms with Crippen molar-refractivity contribution in [3.8, 4) is 6.07 Å². The molecule has 1 unspecified atom stereocenters. The molecule has 9 nitrogen and oxygen atoms in total. The van der Waals surface area contributed by atoms with Crippen molar-refractivity contribution >= 4 is 17.8 Å². The fourth-order valence-corrected chi connectivity index (χ4v) is 4.51. The summed E-state index contributed by atoms with van der Waals surface area (Å²) < 4.78 is 11.3. The Bertz CT molecular complexity index is 953. The van der Waals surface area contributed by atoms with Gasteiger partial charge in [0, 0.05) is 31.6 Å². The van der Waals surface area contributed by atoms with Crippen LogP contribution >= 0.6 is 0 Å². The maximum absolute atomic E-state index is 12.8. The van der Waals surface area contributed by atoms with E-state index >= 15 is 0 Å². The number of anilines is 1. The SMILES string of the molecule is CCNC(=O)N1CCN(c2nc(C(C)C)c3c(c2C#N)CC(C)(C)OC3)CC1C(=O)OCC. The summed E-state index contributed by atoms with van der Waals surface area (Å²) in [5, 5.41) is 12.9. The zero-order valence-corrected chi connectivity index (χ0v) is 20.5. The molecular weight excluding hydrogens is 422 g/mol. The van der Waals surface area contributed by atoms with Crippen LogP contribution in [0.3, 0.4) is 0 Å². The van der Waals surface area contributed by atoms with Crippen molar-refractivity contribution in [2.24, 2.45) is 0 Å². The largest absolute Gasteiger partial charge is 0.464 e. The highest BCUT2D eigenvalue weighted by molar-refractivity contribution is 5.85. The molecule has 0 saturated carbocycles. The zero-order valence-electron chi connectivity index (χ0n) is 20.5. The smallest absolute Gasteiger partial charge is 0.330 e. The van der Waals surface area contributed by atoms with Gasteiger partial charge in [0.2, 0.25) is 0 Å². The number of hydrogen-bond acceptors (Lipinski definition) is 7. The van der Waals surface area contributed by atoms with Gasteiger partial charge in [0.1, 0.15) is 17.9 Å². The number of fused-ring (bicyclic) bond motifs is 1. The quantitative estimate of drug-likeness (QED) is 0.677. The van der Waals surface area contributed by atoms with Crippen LogP contribution in [0.5, 0.6) is 0 Å². The van der Waals surface area contributed by atoms with Crippen LogP contribution in [-0.2, 0) is 27.3 Å². The summed E-state index contributed by atoms with van der Waals surface area (Å²) >= 11 is 0. The first kappa shape index (κ1) is 24.8. The molecule has 1 N–H and O–H groups in total. The van der Waals surface area contributed by atoms with Gasteiger partial charge in [-0.2, -0.15) is 5.26 Å². The first-order valence-corrected chi connectivity index (χ1v) is 11.7. The van der Waals surface area contributed by atoms with E-state index in [1.165, 1.54) is 4.90 Å². The number of pyridine rings is 1. The van der Waals surface area contributed by atoms with Gasteiger partial charge in [-0.05, 0) is 39.2 Å². The number of rotatable bonds is 5. The van der Waals surface area contributed by atoms with Crippen LogP contribution < -0.4 is 10.2 Å². The third kappa shape index (κ3) is 5.06. The van der Waals surface area contributed by atoms with Gasteiger partial charge in [0.15, 0.2) is 0 Å². The van der Waals surface area contributed by atoms with Gasteiger partial charge in [-0.3, -0.25) is 0 Å². The van der Waals surface area contributed by atoms with Crippen molar-refractivity contribution < 1.29 is 19.1 Å². The second-order valence-corrected chi connectivity index (χ2v) is 9.39. The Morgan fingerprint density at radius 3 is 2.64 bits per heavy atom. The van der Waals surface area contributed by atoms with Gasteiger partial charge in [-0.25, -0.2) is 14.6 Å². The fourth-order valence-electron chi connectivity index (χ4n) is 4.51. The summed E-state index contributed by atoms with van der Waals surface area (Å²) in [6.07, 6.45) is 0.612. The minimum atomic E-state index is -0.781. The minimum absolute atomic E-state index is 0.146. The maximum atomic E-state index is 12.8. The van der Waals surface area contributed by atoms with Gasteiger partial charge >= 0.3 is 12.0 Å². The monoisotopic (exact) mass is 457 g/mol. The van der Waals surface area contributed by atoms with E-state index in [9.17, 15) is 14.9 Å². The van der Waals surface area contributed by atoms with Crippen LogP contribution in [0.2, 0.25) is 0 Å². The standard InChI is InChI=1S/C24H35N5O4/c1-7-26-23(31)29-10-9-28(13-19(29)22(30)32-8-2)21-17(12-25)16-11-24(5,6)33-14-18(16)20(27-21)15(3)4/h15,19H,7-11,13-14H2,1-6H3,(H,26,31). The number of ether oxygens (including phenoxy) is 2. The molecule has 180 valence electrons. The second-order valence-electron chi connectivity index (χ2n) is 9.39. The van der Waals surface area contributed by atoms with Crippen molar-refractivity contribution in [2.45, 2.75) is 72.1 Å². The lowest BCUT2D eigenvalue weighted by molar-refractivity contribution is -0.148. The Labute approximate surface area is 196 Å². The number of piperazine rings is 1. The van der Waals surface area contributed by atoms with Crippen LogP contribution in [0.25, 0.3) is 0 Å². The highest BCUT2D eigenvalue weighted by Gasteiger charge is 2.39. The van der Waals surface area contributed by atoms with Crippen LogP contribution in [0.4, 0.5) is 10.6 Å². The highest BCUT2D eigenvalue weighted by atomic mass is 16.5. The maximum Gasteiger partial charge on any atom is 0.330 e. The van der Waals surface area contributed by atoms with Gasteiger partial charge in [0.25, 0.3) is 0 Å². The lowest BCUT2D eigenvalue weighted by Crippen LogP contribution is -2.61. The lowest BCUT2D eigenvalue weighted by Gasteiger charge is -2.41. The van der Waals surface area contributed by atoms with Crippen LogP contribution in [0.1, 0.15) is 69.8 Å². The molecule has 2 aliphatic heterocycles. The number of carbonyl (C=O) groups excluding carboxylic acids is 2. The average Bonchev–Trinajstić information content (AvgIpc) is 2.77. The predicted octanol–water partition coefficient (Wildman–Crippen LogP) is 2.71. The molecule has 2 amide bonds. The molecule has 0 radical (unpaired) electrons. The molecule has 0 spiro atoms. The van der Waals surface area contributed by atoms with Gasteiger partial charge in [-0.15, -0.1) is 0 Å². The predicted molar refractivity (Wildman–Crippen MR) is 124 cm³/mol. The Morgan fingerprint density at radius 2 is 2.03 bits per heavy atom. The Kier molecular flexibility index (Phi) is 7.48. The fraction of sp³-hybridized carbons (Fsp3) is 0.667. The van der Waals surface area contributed by atoms with Gasteiger partial charge in [0.05, 0.1) is 36.6 Å². The summed E-state index contributed by atoms with van der Waals surface area (Å²) in [7, 11) is 0. The zero-order chi connectivity index (χ0) is 24.3. The normalized spacial score (nSPS) is 19.6. The van der Waals surface area contributed by atoms with Crippen LogP contribution in [-0.4, -0.2) is 66.3 Å². The molecule has 1 saturated heterocycles. The molecule has 9 heteroatoms. The van der Waals surface area contributed by atoms with Crippen molar-refractivity contribution in [3.05, 3.63) is 22.4 Å². The number of carbonyl (C=O) groups is 2. The minimum Gasteiger partial charge on any atom is -0.464 e. The van der Waals surface area contributed by atoms with E-state index in [-0.39, 0.29) is 30.7 Å². The number of hydrogen-bond donors (Lipinski definition) is 1. The summed E-state index contributed by atoms with van der Waals surface area (Å²) in [5.74, 6) is 0.263. The van der Waals surface area contributed by atoms with Crippen molar-refractivity contribution in [3.63, 3.8) is 0 Å². The molecule has 0 bridgehead atoms. The van der Waals surface area contributed by atoms with Crippen LogP contribution in [0, 0.1) is 11.3 Å². The molecule has 1 aromatic heterocycles. The number of esters is 1. The van der Waals surface area contributed by atoms with Gasteiger partial charge < -0.3 is 24.6 Å². The first-order valence-electron chi connectivity index (χ1n) is 11.7. The average molecular weight is 458 g/mol. The Hall–Kier alpha value is -2.86. The van der Waals surface area contributed by atoms with Crippen LogP contribution in [0.15, 0.2) is 0 Å². The van der Waals surface area contributed by atoms with E-state index < -0.39 is 12.0 Å². The molecule has 1 aromatic rings. The summed E-state index contributed by atoms with van der Waals surface area (Å²) in [4.78, 5) is 33.8. The number of aromatic nitrogens is 1. The molecular formula is C24H35N5O4. The lowest BCUT2D eigenvalue weighted by atomic mass is 9.86. The third-order valence-corrected chi connectivity index (χ3v) is 6.12. The highest BCUT2D eigenvalue weighted by Crippen LogP contribution is 2.38. The molecule has 0 aromatic carbocycles. The summed E-state index contributed by atoms with van der Waals surface area (Å²) in [6.45, 7) is 13.9. The molecule has 3 rings (SSSR count). The third-order valence-electron chi connectivity index (χ3n) is 6.12. The van der Waals surface area contributed by atoms with E-state index in [0.717, 1.165) is 16.8 Å². The molecule has 2 aliphatic rings. The number of amides is 2. The molecule has 33 heavy (non-hydrogen) atoms. The van der Waals surface area contributed by atoms with E-state index in [1.54, 1.807) is 6.92 Å². The van der Waals surface area contributed by atoms with Gasteiger partial charge in [-0.1, -0.05) is 13.8 Å². The van der Waals surface area contributed by atoms with E-state index in [2.05, 4.69) is 25.2 Å².